The highest BCUT2D eigenvalue weighted by atomic mass is 19.1. The minimum atomic E-state index is -0.171. The number of aryl methyl sites for hydroxylation is 1. The molecule has 0 bridgehead atoms. The van der Waals surface area contributed by atoms with Gasteiger partial charge in [-0.2, -0.15) is 0 Å². The van der Waals surface area contributed by atoms with Crippen LogP contribution >= 0.6 is 0 Å². The fourth-order valence-electron chi connectivity index (χ4n) is 1.54. The number of nitrogens with one attached hydrogen (secondary N) is 1. The van der Waals surface area contributed by atoms with Crippen LogP contribution < -0.4 is 5.32 Å². The molecule has 0 saturated carbocycles. The minimum Gasteiger partial charge on any atom is -0.383 e. The predicted octanol–water partition coefficient (Wildman–Crippen LogP) is 2.38. The number of methoxy groups -OCH3 is 1. The molecule has 0 fully saturated rings. The summed E-state index contributed by atoms with van der Waals surface area (Å²) in [6.07, 6.45) is 2.02. The van der Waals surface area contributed by atoms with E-state index < -0.39 is 0 Å². The summed E-state index contributed by atoms with van der Waals surface area (Å²) in [5.74, 6) is -0.171. The third kappa shape index (κ3) is 5.24. The first-order chi connectivity index (χ1) is 7.72. The highest BCUT2D eigenvalue weighted by Crippen LogP contribution is 2.06. The third-order valence-electron chi connectivity index (χ3n) is 2.58. The molecule has 0 heterocycles. The summed E-state index contributed by atoms with van der Waals surface area (Å²) >= 11 is 0. The van der Waals surface area contributed by atoms with E-state index in [0.29, 0.717) is 6.04 Å². The van der Waals surface area contributed by atoms with Gasteiger partial charge in [0, 0.05) is 19.7 Å². The van der Waals surface area contributed by atoms with Gasteiger partial charge in [0.2, 0.25) is 0 Å². The summed E-state index contributed by atoms with van der Waals surface area (Å²) in [6.45, 7) is 3.77. The molecule has 0 radical (unpaired) electrons. The second-order valence-electron chi connectivity index (χ2n) is 4.01. The number of halogens is 1. The summed E-state index contributed by atoms with van der Waals surface area (Å²) in [4.78, 5) is 0. The lowest BCUT2D eigenvalue weighted by Gasteiger charge is -2.13. The number of rotatable bonds is 7. The molecule has 0 aliphatic rings. The van der Waals surface area contributed by atoms with Crippen LogP contribution in [0.15, 0.2) is 24.3 Å². The SMILES string of the molecule is COCCNC(C)CCc1ccc(F)cc1. The highest BCUT2D eigenvalue weighted by Gasteiger charge is 2.01. The molecule has 0 aliphatic heterocycles. The maximum atomic E-state index is 12.7. The van der Waals surface area contributed by atoms with Crippen molar-refractivity contribution in [1.29, 1.82) is 0 Å². The van der Waals surface area contributed by atoms with Gasteiger partial charge in [0.05, 0.1) is 6.61 Å². The third-order valence-corrected chi connectivity index (χ3v) is 2.58. The summed E-state index contributed by atoms with van der Waals surface area (Å²) < 4.78 is 17.6. The van der Waals surface area contributed by atoms with Crippen molar-refractivity contribution >= 4 is 0 Å². The van der Waals surface area contributed by atoms with Gasteiger partial charge >= 0.3 is 0 Å². The van der Waals surface area contributed by atoms with Crippen LogP contribution in [0.4, 0.5) is 4.39 Å². The maximum absolute atomic E-state index is 12.7. The summed E-state index contributed by atoms with van der Waals surface area (Å²) in [5, 5.41) is 3.37. The van der Waals surface area contributed by atoms with E-state index in [2.05, 4.69) is 12.2 Å². The standard InChI is InChI=1S/C13H20FNO/c1-11(15-9-10-16-2)3-4-12-5-7-13(14)8-6-12/h5-8,11,15H,3-4,9-10H2,1-2H3. The number of ether oxygens (including phenoxy) is 1. The zero-order valence-electron chi connectivity index (χ0n) is 10.0. The molecule has 90 valence electrons. The summed E-state index contributed by atoms with van der Waals surface area (Å²) in [5.41, 5.74) is 1.18. The molecule has 2 nitrogen and oxygen atoms in total. The van der Waals surface area contributed by atoms with E-state index in [4.69, 9.17) is 4.74 Å². The van der Waals surface area contributed by atoms with Crippen LogP contribution in [0.5, 0.6) is 0 Å². The molecule has 1 N–H and O–H groups in total. The van der Waals surface area contributed by atoms with Gasteiger partial charge in [-0.25, -0.2) is 4.39 Å². The van der Waals surface area contributed by atoms with Crippen molar-refractivity contribution in [2.24, 2.45) is 0 Å². The normalized spacial score (nSPS) is 12.7. The molecule has 3 heteroatoms. The van der Waals surface area contributed by atoms with Crippen LogP contribution in [0.2, 0.25) is 0 Å². The first-order valence-corrected chi connectivity index (χ1v) is 5.69. The number of benzene rings is 1. The van der Waals surface area contributed by atoms with Crippen molar-refractivity contribution < 1.29 is 9.13 Å². The first kappa shape index (κ1) is 13.1. The molecule has 0 aromatic heterocycles. The van der Waals surface area contributed by atoms with Gasteiger partial charge in [-0.3, -0.25) is 0 Å². The molecule has 0 saturated heterocycles. The fourth-order valence-corrected chi connectivity index (χ4v) is 1.54. The van der Waals surface area contributed by atoms with Crippen LogP contribution in [0, 0.1) is 5.82 Å². The summed E-state index contributed by atoms with van der Waals surface area (Å²) in [7, 11) is 1.70. The van der Waals surface area contributed by atoms with Crippen LogP contribution in [0.25, 0.3) is 0 Å². The van der Waals surface area contributed by atoms with E-state index in [-0.39, 0.29) is 5.82 Å². The Hall–Kier alpha value is -0.930. The van der Waals surface area contributed by atoms with Gasteiger partial charge in [0.25, 0.3) is 0 Å². The van der Waals surface area contributed by atoms with Crippen molar-refractivity contribution in [3.63, 3.8) is 0 Å². The van der Waals surface area contributed by atoms with Crippen molar-refractivity contribution in [3.8, 4) is 0 Å². The van der Waals surface area contributed by atoms with Crippen molar-refractivity contribution in [2.45, 2.75) is 25.8 Å². The lowest BCUT2D eigenvalue weighted by Crippen LogP contribution is -2.29. The van der Waals surface area contributed by atoms with Crippen LogP contribution in [0.1, 0.15) is 18.9 Å². The Morgan fingerprint density at radius 3 is 2.62 bits per heavy atom. The molecule has 1 atom stereocenters. The van der Waals surface area contributed by atoms with E-state index in [1.54, 1.807) is 7.11 Å². The Bertz CT molecular complexity index is 286. The molecule has 0 spiro atoms. The van der Waals surface area contributed by atoms with Crippen LogP contribution in [0.3, 0.4) is 0 Å². The Kier molecular flexibility index (Phi) is 6.04. The fraction of sp³-hybridized carbons (Fsp3) is 0.538. The van der Waals surface area contributed by atoms with Crippen molar-refractivity contribution in [2.75, 3.05) is 20.3 Å². The highest BCUT2D eigenvalue weighted by molar-refractivity contribution is 5.16. The molecule has 16 heavy (non-hydrogen) atoms. The lowest BCUT2D eigenvalue weighted by molar-refractivity contribution is 0.196. The van der Waals surface area contributed by atoms with Crippen molar-refractivity contribution in [3.05, 3.63) is 35.6 Å². The largest absolute Gasteiger partial charge is 0.383 e. The second kappa shape index (κ2) is 7.36. The minimum absolute atomic E-state index is 0.171. The Balaban J connectivity index is 2.20. The predicted molar refractivity (Wildman–Crippen MR) is 64.1 cm³/mol. The molecule has 1 rings (SSSR count). The first-order valence-electron chi connectivity index (χ1n) is 5.69. The summed E-state index contributed by atoms with van der Waals surface area (Å²) in [6, 6.07) is 7.17. The van der Waals surface area contributed by atoms with Gasteiger partial charge < -0.3 is 10.1 Å². The zero-order valence-corrected chi connectivity index (χ0v) is 10.0. The van der Waals surface area contributed by atoms with E-state index in [1.807, 2.05) is 12.1 Å². The molecule has 1 aromatic carbocycles. The van der Waals surface area contributed by atoms with Crippen LogP contribution in [-0.4, -0.2) is 26.3 Å². The zero-order chi connectivity index (χ0) is 11.8. The van der Waals surface area contributed by atoms with E-state index >= 15 is 0 Å². The van der Waals surface area contributed by atoms with Gasteiger partial charge in [0.1, 0.15) is 5.82 Å². The monoisotopic (exact) mass is 225 g/mol. The van der Waals surface area contributed by atoms with Gasteiger partial charge in [-0.1, -0.05) is 12.1 Å². The molecule has 1 aromatic rings. The number of hydrogen-bond acceptors (Lipinski definition) is 2. The van der Waals surface area contributed by atoms with Gasteiger partial charge in [0.15, 0.2) is 0 Å². The maximum Gasteiger partial charge on any atom is 0.123 e. The van der Waals surface area contributed by atoms with Crippen molar-refractivity contribution in [1.82, 2.24) is 5.32 Å². The molecule has 0 amide bonds. The quantitative estimate of drug-likeness (QED) is 0.719. The molecule has 0 aliphatic carbocycles. The Morgan fingerprint density at radius 2 is 2.00 bits per heavy atom. The van der Waals surface area contributed by atoms with Gasteiger partial charge in [-0.05, 0) is 37.5 Å². The second-order valence-corrected chi connectivity index (χ2v) is 4.01. The topological polar surface area (TPSA) is 21.3 Å². The average molecular weight is 225 g/mol. The average Bonchev–Trinajstić information content (AvgIpc) is 2.29. The van der Waals surface area contributed by atoms with Gasteiger partial charge in [-0.15, -0.1) is 0 Å². The number of hydrogen-bond donors (Lipinski definition) is 1. The van der Waals surface area contributed by atoms with E-state index in [0.717, 1.165) is 26.0 Å². The smallest absolute Gasteiger partial charge is 0.123 e. The van der Waals surface area contributed by atoms with Crippen LogP contribution in [-0.2, 0) is 11.2 Å². The molecular formula is C13H20FNO. The van der Waals surface area contributed by atoms with E-state index in [1.165, 1.54) is 17.7 Å². The van der Waals surface area contributed by atoms with E-state index in [9.17, 15) is 4.39 Å². The Labute approximate surface area is 96.8 Å². The molecular weight excluding hydrogens is 205 g/mol. The molecule has 1 unspecified atom stereocenters. The lowest BCUT2D eigenvalue weighted by atomic mass is 10.1. The Morgan fingerprint density at radius 1 is 1.31 bits per heavy atom.